The molecule has 0 spiro atoms. The van der Waals surface area contributed by atoms with Gasteiger partial charge in [-0.15, -0.1) is 0 Å². The molecule has 0 atom stereocenters. The Hall–Kier alpha value is -2.41. The molecule has 23 heavy (non-hydrogen) atoms. The average molecular weight is 311 g/mol. The van der Waals surface area contributed by atoms with Gasteiger partial charge in [0.2, 0.25) is 0 Å². The van der Waals surface area contributed by atoms with E-state index in [1.165, 1.54) is 19.3 Å². The minimum absolute atomic E-state index is 0.394. The quantitative estimate of drug-likeness (QED) is 0.692. The molecule has 2 aromatic rings. The molecule has 2 rings (SSSR count). The minimum atomic E-state index is 0.394. The van der Waals surface area contributed by atoms with Crippen molar-refractivity contribution in [3.63, 3.8) is 0 Å². The third-order valence-corrected chi connectivity index (χ3v) is 4.37. The number of nitrogen functional groups attached to an aromatic ring is 1. The molecule has 0 aliphatic rings. The topological polar surface area (TPSA) is 74.8 Å². The fourth-order valence-electron chi connectivity index (χ4n) is 2.84. The summed E-state index contributed by atoms with van der Waals surface area (Å²) in [6, 6.07) is 9.94. The number of anilines is 1. The van der Waals surface area contributed by atoms with Crippen molar-refractivity contribution in [2.75, 3.05) is 12.3 Å². The van der Waals surface area contributed by atoms with Gasteiger partial charge in [-0.05, 0) is 24.8 Å². The first-order valence-electron chi connectivity index (χ1n) is 8.30. The highest BCUT2D eigenvalue weighted by molar-refractivity contribution is 5.79. The van der Waals surface area contributed by atoms with Gasteiger partial charge in [-0.25, -0.2) is 0 Å². The number of nitrogens with zero attached hydrogens (tertiary/aromatic N) is 1. The fourth-order valence-corrected chi connectivity index (χ4v) is 2.84. The number of aromatic amines is 1. The second-order valence-corrected chi connectivity index (χ2v) is 5.77. The van der Waals surface area contributed by atoms with Crippen LogP contribution in [0.4, 0.5) is 5.82 Å². The summed E-state index contributed by atoms with van der Waals surface area (Å²) >= 11 is 0. The van der Waals surface area contributed by atoms with Crippen molar-refractivity contribution in [3.05, 3.63) is 36.0 Å². The van der Waals surface area contributed by atoms with E-state index in [0.29, 0.717) is 18.0 Å². The lowest BCUT2D eigenvalue weighted by Gasteiger charge is -2.14. The van der Waals surface area contributed by atoms with Gasteiger partial charge in [0.25, 0.3) is 0 Å². The number of hydrogen-bond acceptors (Lipinski definition) is 3. The molecule has 0 amide bonds. The molecule has 1 aromatic carbocycles. The number of H-pyrrole nitrogens is 1. The normalized spacial score (nSPS) is 10.7. The van der Waals surface area contributed by atoms with Gasteiger partial charge in [0.15, 0.2) is 0 Å². The molecule has 4 heteroatoms. The van der Waals surface area contributed by atoms with E-state index >= 15 is 0 Å². The standard InChI is InChI=1S/C19H25N3O/c1-3-14(4-2)8-7-11-23-18-10-6-5-9-15(18)17-13-22-19(21)16(17)12-20/h5-6,9-10,13-14,22H,3-4,7-8,11,21H2,1-2H3. The lowest BCUT2D eigenvalue weighted by molar-refractivity contribution is 0.289. The lowest BCUT2D eigenvalue weighted by Crippen LogP contribution is -2.03. The van der Waals surface area contributed by atoms with E-state index in [9.17, 15) is 5.26 Å². The van der Waals surface area contributed by atoms with Gasteiger partial charge in [0.05, 0.1) is 6.61 Å². The first kappa shape index (κ1) is 17.0. The zero-order valence-electron chi connectivity index (χ0n) is 13.9. The smallest absolute Gasteiger partial charge is 0.127 e. The number of hydrogen-bond donors (Lipinski definition) is 2. The van der Waals surface area contributed by atoms with Crippen LogP contribution < -0.4 is 10.5 Å². The van der Waals surface area contributed by atoms with Gasteiger partial charge in [-0.1, -0.05) is 44.9 Å². The van der Waals surface area contributed by atoms with Crippen LogP contribution in [-0.2, 0) is 0 Å². The van der Waals surface area contributed by atoms with E-state index in [2.05, 4.69) is 24.9 Å². The van der Waals surface area contributed by atoms with E-state index in [1.54, 1.807) is 6.20 Å². The van der Waals surface area contributed by atoms with Crippen LogP contribution in [0.5, 0.6) is 5.75 Å². The summed E-state index contributed by atoms with van der Waals surface area (Å²) in [5.74, 6) is 1.97. The van der Waals surface area contributed by atoms with Crippen molar-refractivity contribution >= 4 is 5.82 Å². The summed E-state index contributed by atoms with van der Waals surface area (Å²) in [5, 5.41) is 9.28. The molecule has 1 heterocycles. The van der Waals surface area contributed by atoms with Crippen LogP contribution in [-0.4, -0.2) is 11.6 Å². The van der Waals surface area contributed by atoms with E-state index in [4.69, 9.17) is 10.5 Å². The summed E-state index contributed by atoms with van der Waals surface area (Å²) in [7, 11) is 0. The van der Waals surface area contributed by atoms with Crippen molar-refractivity contribution in [2.45, 2.75) is 39.5 Å². The number of nitrogens with one attached hydrogen (secondary N) is 1. The number of para-hydroxylation sites is 1. The molecule has 0 bridgehead atoms. The largest absolute Gasteiger partial charge is 0.493 e. The van der Waals surface area contributed by atoms with Crippen molar-refractivity contribution in [2.24, 2.45) is 5.92 Å². The molecule has 1 aromatic heterocycles. The third-order valence-electron chi connectivity index (χ3n) is 4.37. The summed E-state index contributed by atoms with van der Waals surface area (Å²) in [5.41, 5.74) is 7.97. The Bertz CT molecular complexity index is 665. The highest BCUT2D eigenvalue weighted by atomic mass is 16.5. The van der Waals surface area contributed by atoms with Crippen LogP contribution in [0.25, 0.3) is 11.1 Å². The van der Waals surface area contributed by atoms with Gasteiger partial charge >= 0.3 is 0 Å². The van der Waals surface area contributed by atoms with Crippen LogP contribution >= 0.6 is 0 Å². The van der Waals surface area contributed by atoms with Gasteiger partial charge in [-0.3, -0.25) is 0 Å². The Labute approximate surface area is 138 Å². The Balaban J connectivity index is 2.08. The minimum Gasteiger partial charge on any atom is -0.493 e. The molecule has 0 fully saturated rings. The van der Waals surface area contributed by atoms with Crippen molar-refractivity contribution < 1.29 is 4.74 Å². The SMILES string of the molecule is CCC(CC)CCCOc1ccccc1-c1c[nH]c(N)c1C#N. The summed E-state index contributed by atoms with van der Waals surface area (Å²) in [4.78, 5) is 2.91. The monoisotopic (exact) mass is 311 g/mol. The molecule has 4 nitrogen and oxygen atoms in total. The van der Waals surface area contributed by atoms with E-state index < -0.39 is 0 Å². The van der Waals surface area contributed by atoms with Crippen LogP contribution in [0.1, 0.15) is 45.1 Å². The Morgan fingerprint density at radius 3 is 2.65 bits per heavy atom. The third kappa shape index (κ3) is 4.07. The number of rotatable bonds is 8. The summed E-state index contributed by atoms with van der Waals surface area (Å²) in [6.45, 7) is 5.17. The van der Waals surface area contributed by atoms with Gasteiger partial charge in [0, 0.05) is 17.3 Å². The maximum atomic E-state index is 9.28. The zero-order valence-corrected chi connectivity index (χ0v) is 13.9. The molecule has 0 saturated heterocycles. The van der Waals surface area contributed by atoms with Crippen LogP contribution in [0.15, 0.2) is 30.5 Å². The molecule has 0 radical (unpaired) electrons. The molecule has 0 aliphatic carbocycles. The fraction of sp³-hybridized carbons (Fsp3) is 0.421. The predicted molar refractivity (Wildman–Crippen MR) is 94.2 cm³/mol. The Kier molecular flexibility index (Phi) is 6.10. The van der Waals surface area contributed by atoms with E-state index in [1.807, 2.05) is 24.3 Å². The second kappa shape index (κ2) is 8.28. The van der Waals surface area contributed by atoms with Crippen molar-refractivity contribution in [1.82, 2.24) is 4.98 Å². The number of nitriles is 1. The second-order valence-electron chi connectivity index (χ2n) is 5.77. The van der Waals surface area contributed by atoms with E-state index in [0.717, 1.165) is 29.2 Å². The highest BCUT2D eigenvalue weighted by Crippen LogP contribution is 2.34. The highest BCUT2D eigenvalue weighted by Gasteiger charge is 2.14. The van der Waals surface area contributed by atoms with Crippen LogP contribution in [0, 0.1) is 17.2 Å². The molecule has 0 unspecified atom stereocenters. The molecule has 0 saturated carbocycles. The van der Waals surface area contributed by atoms with Gasteiger partial charge < -0.3 is 15.5 Å². The lowest BCUT2D eigenvalue weighted by atomic mass is 9.98. The first-order chi connectivity index (χ1) is 11.2. The molecular weight excluding hydrogens is 286 g/mol. The Morgan fingerprint density at radius 1 is 1.22 bits per heavy atom. The number of aromatic nitrogens is 1. The Morgan fingerprint density at radius 2 is 1.96 bits per heavy atom. The van der Waals surface area contributed by atoms with E-state index in [-0.39, 0.29) is 0 Å². The predicted octanol–water partition coefficient (Wildman–Crippen LogP) is 4.73. The summed E-state index contributed by atoms with van der Waals surface area (Å²) in [6.07, 6.45) is 6.44. The molecule has 3 N–H and O–H groups in total. The average Bonchev–Trinajstić information content (AvgIpc) is 2.96. The first-order valence-corrected chi connectivity index (χ1v) is 8.30. The zero-order chi connectivity index (χ0) is 16.7. The summed E-state index contributed by atoms with van der Waals surface area (Å²) < 4.78 is 5.98. The maximum Gasteiger partial charge on any atom is 0.127 e. The molecule has 0 aliphatic heterocycles. The van der Waals surface area contributed by atoms with Crippen LogP contribution in [0.3, 0.4) is 0 Å². The maximum absolute atomic E-state index is 9.28. The van der Waals surface area contributed by atoms with Crippen LogP contribution in [0.2, 0.25) is 0 Å². The van der Waals surface area contributed by atoms with Gasteiger partial charge in [-0.2, -0.15) is 5.26 Å². The van der Waals surface area contributed by atoms with Crippen molar-refractivity contribution in [1.29, 1.82) is 5.26 Å². The molecular formula is C19H25N3O. The van der Waals surface area contributed by atoms with Crippen molar-refractivity contribution in [3.8, 4) is 22.9 Å². The number of ether oxygens (including phenoxy) is 1. The number of nitrogens with two attached hydrogens (primary N) is 1. The molecule has 122 valence electrons. The number of benzene rings is 1. The van der Waals surface area contributed by atoms with Gasteiger partial charge in [0.1, 0.15) is 23.2 Å².